The molecule has 0 saturated heterocycles. The lowest BCUT2D eigenvalue weighted by atomic mass is 9.77. The molecule has 1 amide bonds. The lowest BCUT2D eigenvalue weighted by molar-refractivity contribution is -0.123. The van der Waals surface area contributed by atoms with Gasteiger partial charge in [-0.25, -0.2) is 0 Å². The van der Waals surface area contributed by atoms with Crippen LogP contribution in [-0.4, -0.2) is 11.4 Å². The molecule has 2 rings (SSSR count). The molecule has 17 heavy (non-hydrogen) atoms. The zero-order valence-electron chi connectivity index (χ0n) is 10.8. The maximum absolute atomic E-state index is 12.1. The average molecular weight is 232 g/mol. The van der Waals surface area contributed by atoms with Crippen molar-refractivity contribution in [2.75, 3.05) is 5.32 Å². The highest BCUT2D eigenvalue weighted by Gasteiger charge is 2.40. The number of hydrogen-bond acceptors (Lipinski definition) is 2. The fourth-order valence-electron chi connectivity index (χ4n) is 2.40. The molecule has 0 atom stereocenters. The van der Waals surface area contributed by atoms with E-state index in [1.165, 1.54) is 5.56 Å². The molecule has 1 aromatic rings. The molecule has 0 bridgehead atoms. The Balaban J connectivity index is 2.21. The number of nitrogens with one attached hydrogen (secondary N) is 1. The zero-order chi connectivity index (χ0) is 12.6. The third kappa shape index (κ3) is 2.20. The first kappa shape index (κ1) is 12.1. The van der Waals surface area contributed by atoms with Crippen LogP contribution in [-0.2, 0) is 4.79 Å². The van der Waals surface area contributed by atoms with Gasteiger partial charge in [0.25, 0.3) is 0 Å². The van der Waals surface area contributed by atoms with Gasteiger partial charge in [0.2, 0.25) is 5.91 Å². The van der Waals surface area contributed by atoms with E-state index in [1.54, 1.807) is 0 Å². The highest BCUT2D eigenvalue weighted by Crippen LogP contribution is 2.31. The molecule has 1 aliphatic carbocycles. The second kappa shape index (κ2) is 4.15. The normalized spacial score (nSPS) is 17.4. The molecule has 3 heteroatoms. The minimum absolute atomic E-state index is 0.0428. The molecule has 0 heterocycles. The SMILES string of the molecule is Cc1cc(C)c(NC(=O)C2(N)CCC2)c(C)c1. The van der Waals surface area contributed by atoms with E-state index in [4.69, 9.17) is 5.73 Å². The summed E-state index contributed by atoms with van der Waals surface area (Å²) in [5, 5.41) is 2.98. The van der Waals surface area contributed by atoms with E-state index in [2.05, 4.69) is 24.4 Å². The van der Waals surface area contributed by atoms with E-state index < -0.39 is 5.54 Å². The van der Waals surface area contributed by atoms with Crippen LogP contribution in [0.5, 0.6) is 0 Å². The summed E-state index contributed by atoms with van der Waals surface area (Å²) in [6.45, 7) is 6.08. The van der Waals surface area contributed by atoms with Gasteiger partial charge in [-0.3, -0.25) is 4.79 Å². The summed E-state index contributed by atoms with van der Waals surface area (Å²) < 4.78 is 0. The lowest BCUT2D eigenvalue weighted by Gasteiger charge is -2.36. The monoisotopic (exact) mass is 232 g/mol. The third-order valence-corrected chi connectivity index (χ3v) is 3.61. The van der Waals surface area contributed by atoms with Gasteiger partial charge in [0.05, 0.1) is 5.54 Å². The number of anilines is 1. The molecule has 3 N–H and O–H groups in total. The molecule has 0 unspecified atom stereocenters. The Kier molecular flexibility index (Phi) is 2.96. The van der Waals surface area contributed by atoms with Gasteiger partial charge in [-0.15, -0.1) is 0 Å². The summed E-state index contributed by atoms with van der Waals surface area (Å²) in [4.78, 5) is 12.1. The van der Waals surface area contributed by atoms with E-state index in [9.17, 15) is 4.79 Å². The van der Waals surface area contributed by atoms with Crippen molar-refractivity contribution in [3.8, 4) is 0 Å². The molecule has 92 valence electrons. The summed E-state index contributed by atoms with van der Waals surface area (Å²) >= 11 is 0. The highest BCUT2D eigenvalue weighted by molar-refractivity contribution is 5.99. The Morgan fingerprint density at radius 2 is 1.76 bits per heavy atom. The molecule has 1 saturated carbocycles. The van der Waals surface area contributed by atoms with Crippen LogP contribution < -0.4 is 11.1 Å². The van der Waals surface area contributed by atoms with Gasteiger partial charge in [-0.05, 0) is 51.2 Å². The highest BCUT2D eigenvalue weighted by atomic mass is 16.2. The molecule has 1 aliphatic rings. The van der Waals surface area contributed by atoms with Crippen molar-refractivity contribution in [1.29, 1.82) is 0 Å². The van der Waals surface area contributed by atoms with Crippen LogP contribution in [0.4, 0.5) is 5.69 Å². The largest absolute Gasteiger partial charge is 0.324 e. The molecule has 0 aliphatic heterocycles. The fourth-order valence-corrected chi connectivity index (χ4v) is 2.40. The van der Waals surface area contributed by atoms with Crippen LogP contribution in [0.3, 0.4) is 0 Å². The Labute approximate surface area is 102 Å². The van der Waals surface area contributed by atoms with Crippen LogP contribution in [0.1, 0.15) is 36.0 Å². The second-order valence-electron chi connectivity index (χ2n) is 5.24. The van der Waals surface area contributed by atoms with Crippen molar-refractivity contribution >= 4 is 11.6 Å². The predicted octanol–water partition coefficient (Wildman–Crippen LogP) is 2.43. The first-order chi connectivity index (χ1) is 7.92. The van der Waals surface area contributed by atoms with E-state index in [0.717, 1.165) is 36.1 Å². The maximum atomic E-state index is 12.1. The van der Waals surface area contributed by atoms with Crippen LogP contribution in [0.15, 0.2) is 12.1 Å². The van der Waals surface area contributed by atoms with Gasteiger partial charge in [-0.1, -0.05) is 17.7 Å². The van der Waals surface area contributed by atoms with E-state index in [0.29, 0.717) is 0 Å². The van der Waals surface area contributed by atoms with Crippen LogP contribution >= 0.6 is 0 Å². The molecule has 0 radical (unpaired) electrons. The lowest BCUT2D eigenvalue weighted by Crippen LogP contribution is -2.56. The van der Waals surface area contributed by atoms with Gasteiger partial charge < -0.3 is 11.1 Å². The molecule has 1 aromatic carbocycles. The van der Waals surface area contributed by atoms with E-state index >= 15 is 0 Å². The van der Waals surface area contributed by atoms with Gasteiger partial charge in [0.1, 0.15) is 0 Å². The van der Waals surface area contributed by atoms with Crippen molar-refractivity contribution in [3.63, 3.8) is 0 Å². The quantitative estimate of drug-likeness (QED) is 0.822. The predicted molar refractivity (Wildman–Crippen MR) is 70.1 cm³/mol. The van der Waals surface area contributed by atoms with Crippen LogP contribution in [0.25, 0.3) is 0 Å². The Hall–Kier alpha value is -1.35. The fraction of sp³-hybridized carbons (Fsp3) is 0.500. The number of rotatable bonds is 2. The average Bonchev–Trinajstić information content (AvgIpc) is 2.19. The van der Waals surface area contributed by atoms with Gasteiger partial charge in [0.15, 0.2) is 0 Å². The molecule has 3 nitrogen and oxygen atoms in total. The van der Waals surface area contributed by atoms with Gasteiger partial charge >= 0.3 is 0 Å². The topological polar surface area (TPSA) is 55.1 Å². The van der Waals surface area contributed by atoms with Crippen molar-refractivity contribution in [2.24, 2.45) is 5.73 Å². The smallest absolute Gasteiger partial charge is 0.244 e. The zero-order valence-corrected chi connectivity index (χ0v) is 10.8. The minimum Gasteiger partial charge on any atom is -0.324 e. The summed E-state index contributed by atoms with van der Waals surface area (Å²) in [6.07, 6.45) is 2.64. The first-order valence-electron chi connectivity index (χ1n) is 6.10. The molecular formula is C14H20N2O. The van der Waals surface area contributed by atoms with Crippen molar-refractivity contribution in [2.45, 2.75) is 45.6 Å². The number of amides is 1. The summed E-state index contributed by atoms with van der Waals surface area (Å²) in [5.41, 5.74) is 9.70. The first-order valence-corrected chi connectivity index (χ1v) is 6.10. The Morgan fingerprint density at radius 1 is 1.24 bits per heavy atom. The number of benzene rings is 1. The van der Waals surface area contributed by atoms with Crippen LogP contribution in [0, 0.1) is 20.8 Å². The summed E-state index contributed by atoms with van der Waals surface area (Å²) in [6, 6.07) is 4.15. The summed E-state index contributed by atoms with van der Waals surface area (Å²) in [5.74, 6) is -0.0428. The molecular weight excluding hydrogens is 212 g/mol. The van der Waals surface area contributed by atoms with Crippen molar-refractivity contribution < 1.29 is 4.79 Å². The third-order valence-electron chi connectivity index (χ3n) is 3.61. The molecule has 0 spiro atoms. The van der Waals surface area contributed by atoms with Gasteiger partial charge in [0, 0.05) is 5.69 Å². The Morgan fingerprint density at radius 3 is 2.18 bits per heavy atom. The minimum atomic E-state index is -0.635. The van der Waals surface area contributed by atoms with Crippen molar-refractivity contribution in [3.05, 3.63) is 28.8 Å². The number of hydrogen-bond donors (Lipinski definition) is 2. The number of carbonyl (C=O) groups is 1. The van der Waals surface area contributed by atoms with E-state index in [-0.39, 0.29) is 5.91 Å². The van der Waals surface area contributed by atoms with Crippen LogP contribution in [0.2, 0.25) is 0 Å². The number of nitrogens with two attached hydrogens (primary N) is 1. The summed E-state index contributed by atoms with van der Waals surface area (Å²) in [7, 11) is 0. The second-order valence-corrected chi connectivity index (χ2v) is 5.24. The standard InChI is InChI=1S/C14H20N2O/c1-9-7-10(2)12(11(3)8-9)16-13(17)14(15)5-4-6-14/h7-8H,4-6,15H2,1-3H3,(H,16,17). The molecule has 1 fully saturated rings. The number of aryl methyl sites for hydroxylation is 3. The number of carbonyl (C=O) groups excluding carboxylic acids is 1. The molecule has 0 aromatic heterocycles. The maximum Gasteiger partial charge on any atom is 0.244 e. The Bertz CT molecular complexity index is 438. The van der Waals surface area contributed by atoms with Gasteiger partial charge in [-0.2, -0.15) is 0 Å². The van der Waals surface area contributed by atoms with Crippen molar-refractivity contribution in [1.82, 2.24) is 0 Å². The van der Waals surface area contributed by atoms with E-state index in [1.807, 2.05) is 13.8 Å².